The standard InChI is InChI=1S/C19H21NO/c1-4-16(13-18-8-6-5-7-14(18)2)17-9-11-19(12-10-17)20-15(3)21/h4-12,16H,1,13H2,2-3H3,(H,20,21)/t16-/m0/s1. The summed E-state index contributed by atoms with van der Waals surface area (Å²) in [5, 5.41) is 2.78. The van der Waals surface area contributed by atoms with Gasteiger partial charge in [-0.2, -0.15) is 0 Å². The first-order valence-corrected chi connectivity index (χ1v) is 7.14. The summed E-state index contributed by atoms with van der Waals surface area (Å²) in [5.41, 5.74) is 4.68. The SMILES string of the molecule is C=C[C@@H](Cc1ccccc1C)c1ccc(NC(C)=O)cc1. The minimum absolute atomic E-state index is 0.0528. The number of aryl methyl sites for hydroxylation is 1. The van der Waals surface area contributed by atoms with Crippen LogP contribution in [0.25, 0.3) is 0 Å². The summed E-state index contributed by atoms with van der Waals surface area (Å²) in [5.74, 6) is 0.223. The molecule has 21 heavy (non-hydrogen) atoms. The summed E-state index contributed by atoms with van der Waals surface area (Å²) in [6.45, 7) is 7.61. The van der Waals surface area contributed by atoms with E-state index in [2.05, 4.69) is 55.2 Å². The molecule has 0 saturated heterocycles. The van der Waals surface area contributed by atoms with Crippen LogP contribution < -0.4 is 5.32 Å². The maximum absolute atomic E-state index is 11.0. The zero-order chi connectivity index (χ0) is 15.2. The summed E-state index contributed by atoms with van der Waals surface area (Å²) in [4.78, 5) is 11.0. The molecule has 2 aromatic carbocycles. The zero-order valence-electron chi connectivity index (χ0n) is 12.6. The quantitative estimate of drug-likeness (QED) is 0.804. The minimum Gasteiger partial charge on any atom is -0.326 e. The van der Waals surface area contributed by atoms with Crippen molar-refractivity contribution in [3.05, 3.63) is 77.9 Å². The third-order valence-corrected chi connectivity index (χ3v) is 3.64. The average Bonchev–Trinajstić information content (AvgIpc) is 2.47. The maximum atomic E-state index is 11.0. The van der Waals surface area contributed by atoms with Crippen LogP contribution in [0.5, 0.6) is 0 Å². The average molecular weight is 279 g/mol. The van der Waals surface area contributed by atoms with Crippen LogP contribution in [0.2, 0.25) is 0 Å². The van der Waals surface area contributed by atoms with Crippen molar-refractivity contribution >= 4 is 11.6 Å². The summed E-state index contributed by atoms with van der Waals surface area (Å²) < 4.78 is 0. The fourth-order valence-electron chi connectivity index (χ4n) is 2.43. The molecule has 0 heterocycles. The van der Waals surface area contributed by atoms with E-state index in [0.717, 1.165) is 12.1 Å². The van der Waals surface area contributed by atoms with Crippen molar-refractivity contribution < 1.29 is 4.79 Å². The van der Waals surface area contributed by atoms with E-state index in [0.29, 0.717) is 0 Å². The van der Waals surface area contributed by atoms with Crippen LogP contribution in [-0.2, 0) is 11.2 Å². The monoisotopic (exact) mass is 279 g/mol. The predicted octanol–water partition coefficient (Wildman–Crippen LogP) is 4.47. The Bertz CT molecular complexity index is 628. The normalized spacial score (nSPS) is 11.7. The van der Waals surface area contributed by atoms with Crippen LogP contribution in [0, 0.1) is 6.92 Å². The molecule has 2 heteroatoms. The molecule has 0 radical (unpaired) electrons. The number of hydrogen-bond acceptors (Lipinski definition) is 1. The van der Waals surface area contributed by atoms with Gasteiger partial charge in [-0.1, -0.05) is 42.5 Å². The van der Waals surface area contributed by atoms with Gasteiger partial charge in [-0.05, 0) is 42.2 Å². The maximum Gasteiger partial charge on any atom is 0.221 e. The van der Waals surface area contributed by atoms with Gasteiger partial charge in [0.1, 0.15) is 0 Å². The predicted molar refractivity (Wildman–Crippen MR) is 88.6 cm³/mol. The number of carbonyl (C=O) groups is 1. The van der Waals surface area contributed by atoms with E-state index >= 15 is 0 Å². The van der Waals surface area contributed by atoms with Gasteiger partial charge in [-0.3, -0.25) is 4.79 Å². The van der Waals surface area contributed by atoms with E-state index in [4.69, 9.17) is 0 Å². The van der Waals surface area contributed by atoms with Crippen LogP contribution in [0.4, 0.5) is 5.69 Å². The molecule has 0 bridgehead atoms. The molecule has 0 aliphatic heterocycles. The number of allylic oxidation sites excluding steroid dienone is 1. The second-order valence-electron chi connectivity index (χ2n) is 5.28. The highest BCUT2D eigenvalue weighted by atomic mass is 16.1. The Hall–Kier alpha value is -2.35. The molecule has 2 rings (SSSR count). The van der Waals surface area contributed by atoms with E-state index in [9.17, 15) is 4.79 Å². The van der Waals surface area contributed by atoms with Gasteiger partial charge in [0.2, 0.25) is 5.91 Å². The van der Waals surface area contributed by atoms with Crippen molar-refractivity contribution in [2.24, 2.45) is 0 Å². The fraction of sp³-hybridized carbons (Fsp3) is 0.211. The molecular formula is C19H21NO. The molecule has 0 aliphatic carbocycles. The molecule has 2 nitrogen and oxygen atoms in total. The Morgan fingerprint density at radius 3 is 2.43 bits per heavy atom. The van der Waals surface area contributed by atoms with Crippen molar-refractivity contribution in [1.29, 1.82) is 0 Å². The van der Waals surface area contributed by atoms with Gasteiger partial charge in [0.05, 0.1) is 0 Å². The lowest BCUT2D eigenvalue weighted by atomic mass is 9.90. The van der Waals surface area contributed by atoms with Crippen LogP contribution >= 0.6 is 0 Å². The Morgan fingerprint density at radius 1 is 1.19 bits per heavy atom. The lowest BCUT2D eigenvalue weighted by Gasteiger charge is -2.15. The summed E-state index contributed by atoms with van der Waals surface area (Å²) in [6.07, 6.45) is 2.93. The molecular weight excluding hydrogens is 258 g/mol. The molecule has 0 fully saturated rings. The van der Waals surface area contributed by atoms with Gasteiger partial charge in [-0.25, -0.2) is 0 Å². The lowest BCUT2D eigenvalue weighted by Crippen LogP contribution is -2.06. The zero-order valence-corrected chi connectivity index (χ0v) is 12.6. The van der Waals surface area contributed by atoms with E-state index in [1.165, 1.54) is 23.6 Å². The third kappa shape index (κ3) is 4.06. The molecule has 1 amide bonds. The third-order valence-electron chi connectivity index (χ3n) is 3.64. The Morgan fingerprint density at radius 2 is 1.86 bits per heavy atom. The highest BCUT2D eigenvalue weighted by Crippen LogP contribution is 2.25. The number of benzene rings is 2. The van der Waals surface area contributed by atoms with Gasteiger partial charge in [0.15, 0.2) is 0 Å². The Labute approximate surface area is 126 Å². The molecule has 0 unspecified atom stereocenters. The molecule has 0 aliphatic rings. The number of hydrogen-bond donors (Lipinski definition) is 1. The Kier molecular flexibility index (Phi) is 4.94. The first kappa shape index (κ1) is 15.0. The van der Waals surface area contributed by atoms with Crippen LogP contribution in [-0.4, -0.2) is 5.91 Å². The molecule has 1 atom stereocenters. The summed E-state index contributed by atoms with van der Waals surface area (Å²) in [7, 11) is 0. The number of carbonyl (C=O) groups excluding carboxylic acids is 1. The van der Waals surface area contributed by atoms with E-state index in [1.807, 2.05) is 18.2 Å². The molecule has 1 N–H and O–H groups in total. The van der Waals surface area contributed by atoms with Crippen LogP contribution in [0.1, 0.15) is 29.5 Å². The second kappa shape index (κ2) is 6.89. The largest absolute Gasteiger partial charge is 0.326 e. The van der Waals surface area contributed by atoms with Crippen molar-refractivity contribution in [2.75, 3.05) is 5.32 Å². The first-order chi connectivity index (χ1) is 10.1. The summed E-state index contributed by atoms with van der Waals surface area (Å²) in [6, 6.07) is 16.4. The van der Waals surface area contributed by atoms with E-state index < -0.39 is 0 Å². The fourth-order valence-corrected chi connectivity index (χ4v) is 2.43. The van der Waals surface area contributed by atoms with Gasteiger partial charge in [0.25, 0.3) is 0 Å². The number of amides is 1. The number of rotatable bonds is 5. The smallest absolute Gasteiger partial charge is 0.221 e. The van der Waals surface area contributed by atoms with Gasteiger partial charge < -0.3 is 5.32 Å². The molecule has 0 spiro atoms. The number of nitrogens with one attached hydrogen (secondary N) is 1. The minimum atomic E-state index is -0.0528. The topological polar surface area (TPSA) is 29.1 Å². The van der Waals surface area contributed by atoms with Crippen molar-refractivity contribution in [2.45, 2.75) is 26.2 Å². The van der Waals surface area contributed by atoms with Gasteiger partial charge in [-0.15, -0.1) is 6.58 Å². The molecule has 2 aromatic rings. The van der Waals surface area contributed by atoms with Crippen LogP contribution in [0.15, 0.2) is 61.2 Å². The van der Waals surface area contributed by atoms with Crippen molar-refractivity contribution in [3.8, 4) is 0 Å². The highest BCUT2D eigenvalue weighted by molar-refractivity contribution is 5.88. The second-order valence-corrected chi connectivity index (χ2v) is 5.28. The van der Waals surface area contributed by atoms with Crippen molar-refractivity contribution in [1.82, 2.24) is 0 Å². The van der Waals surface area contributed by atoms with E-state index in [1.54, 1.807) is 0 Å². The number of anilines is 1. The van der Waals surface area contributed by atoms with E-state index in [-0.39, 0.29) is 11.8 Å². The highest BCUT2D eigenvalue weighted by Gasteiger charge is 2.10. The van der Waals surface area contributed by atoms with Gasteiger partial charge in [0, 0.05) is 18.5 Å². The molecule has 108 valence electrons. The molecule has 0 aromatic heterocycles. The van der Waals surface area contributed by atoms with Gasteiger partial charge >= 0.3 is 0 Å². The summed E-state index contributed by atoms with van der Waals surface area (Å²) >= 11 is 0. The van der Waals surface area contributed by atoms with Crippen molar-refractivity contribution in [3.63, 3.8) is 0 Å². The first-order valence-electron chi connectivity index (χ1n) is 7.14. The Balaban J connectivity index is 2.16. The lowest BCUT2D eigenvalue weighted by molar-refractivity contribution is -0.114. The molecule has 0 saturated carbocycles. The van der Waals surface area contributed by atoms with Crippen LogP contribution in [0.3, 0.4) is 0 Å².